The van der Waals surface area contributed by atoms with Gasteiger partial charge in [0, 0.05) is 37.7 Å². The van der Waals surface area contributed by atoms with E-state index in [0.717, 1.165) is 11.6 Å². The van der Waals surface area contributed by atoms with Crippen LogP contribution in [0.5, 0.6) is 0 Å². The summed E-state index contributed by atoms with van der Waals surface area (Å²) >= 11 is 11.9. The quantitative estimate of drug-likeness (QED) is 0.809. The monoisotopic (exact) mass is 384 g/mol. The first-order valence-electron chi connectivity index (χ1n) is 7.68. The standard InChI is InChI=1S/C17H18Cl2N2O2S/c18-15-7-5-14(6-8-15)13-20-9-11-21(12-10-20)24(22,23)17-4-2-1-3-16(17)19/h1-8H,9-13H2. The van der Waals surface area contributed by atoms with Crippen LogP contribution in [0.25, 0.3) is 0 Å². The first kappa shape index (κ1) is 17.7. The first-order valence-corrected chi connectivity index (χ1v) is 9.88. The summed E-state index contributed by atoms with van der Waals surface area (Å²) in [6.07, 6.45) is 0. The van der Waals surface area contributed by atoms with Gasteiger partial charge >= 0.3 is 0 Å². The molecule has 7 heteroatoms. The van der Waals surface area contributed by atoms with E-state index in [0.29, 0.717) is 26.2 Å². The molecule has 0 atom stereocenters. The molecule has 0 unspecified atom stereocenters. The van der Waals surface area contributed by atoms with Gasteiger partial charge in [0.05, 0.1) is 5.02 Å². The number of nitrogens with zero attached hydrogens (tertiary/aromatic N) is 2. The Balaban J connectivity index is 1.64. The van der Waals surface area contributed by atoms with Crippen LogP contribution in [0.1, 0.15) is 5.56 Å². The van der Waals surface area contributed by atoms with Crippen LogP contribution >= 0.6 is 23.2 Å². The van der Waals surface area contributed by atoms with E-state index in [2.05, 4.69) is 4.90 Å². The van der Waals surface area contributed by atoms with Gasteiger partial charge in [0.25, 0.3) is 0 Å². The van der Waals surface area contributed by atoms with Crippen molar-refractivity contribution in [2.75, 3.05) is 26.2 Å². The fourth-order valence-corrected chi connectivity index (χ4v) is 4.81. The number of hydrogen-bond donors (Lipinski definition) is 0. The Morgan fingerprint density at radius 2 is 1.50 bits per heavy atom. The second kappa shape index (κ2) is 7.42. The minimum Gasteiger partial charge on any atom is -0.296 e. The highest BCUT2D eigenvalue weighted by atomic mass is 35.5. The van der Waals surface area contributed by atoms with E-state index < -0.39 is 10.0 Å². The van der Waals surface area contributed by atoms with Gasteiger partial charge < -0.3 is 0 Å². The molecule has 1 heterocycles. The van der Waals surface area contributed by atoms with Gasteiger partial charge in [0.1, 0.15) is 4.90 Å². The highest BCUT2D eigenvalue weighted by Gasteiger charge is 2.29. The molecule has 4 nitrogen and oxygen atoms in total. The first-order chi connectivity index (χ1) is 11.5. The van der Waals surface area contributed by atoms with E-state index in [1.165, 1.54) is 9.87 Å². The van der Waals surface area contributed by atoms with Crippen molar-refractivity contribution in [1.29, 1.82) is 0 Å². The van der Waals surface area contributed by atoms with Crippen LogP contribution in [-0.2, 0) is 16.6 Å². The lowest BCUT2D eigenvalue weighted by atomic mass is 10.2. The summed E-state index contributed by atoms with van der Waals surface area (Å²) in [4.78, 5) is 2.42. The molecule has 1 aliphatic heterocycles. The normalized spacial score (nSPS) is 17.1. The summed E-state index contributed by atoms with van der Waals surface area (Å²) in [5.74, 6) is 0. The van der Waals surface area contributed by atoms with Crippen molar-refractivity contribution in [3.05, 3.63) is 64.1 Å². The Hall–Kier alpha value is -1.11. The van der Waals surface area contributed by atoms with Gasteiger partial charge in [-0.2, -0.15) is 4.31 Å². The smallest absolute Gasteiger partial charge is 0.244 e. The Morgan fingerprint density at radius 3 is 2.12 bits per heavy atom. The molecule has 1 aliphatic rings. The second-order valence-electron chi connectivity index (χ2n) is 5.74. The summed E-state index contributed by atoms with van der Waals surface area (Å²) in [6, 6.07) is 14.3. The van der Waals surface area contributed by atoms with Gasteiger partial charge in [-0.05, 0) is 29.8 Å². The van der Waals surface area contributed by atoms with Crippen molar-refractivity contribution in [2.24, 2.45) is 0 Å². The van der Waals surface area contributed by atoms with Crippen LogP contribution in [0.4, 0.5) is 0 Å². The van der Waals surface area contributed by atoms with Crippen molar-refractivity contribution in [3.8, 4) is 0 Å². The minimum atomic E-state index is -3.54. The predicted molar refractivity (Wildman–Crippen MR) is 96.9 cm³/mol. The topological polar surface area (TPSA) is 40.6 Å². The van der Waals surface area contributed by atoms with Crippen molar-refractivity contribution < 1.29 is 8.42 Å². The lowest BCUT2D eigenvalue weighted by Crippen LogP contribution is -2.48. The number of piperazine rings is 1. The molecule has 0 spiro atoms. The van der Waals surface area contributed by atoms with Crippen LogP contribution in [-0.4, -0.2) is 43.8 Å². The summed E-state index contributed by atoms with van der Waals surface area (Å²) in [7, 11) is -3.54. The highest BCUT2D eigenvalue weighted by Crippen LogP contribution is 2.25. The van der Waals surface area contributed by atoms with E-state index in [1.807, 2.05) is 24.3 Å². The maximum Gasteiger partial charge on any atom is 0.244 e. The maximum atomic E-state index is 12.7. The Morgan fingerprint density at radius 1 is 0.875 bits per heavy atom. The van der Waals surface area contributed by atoms with Crippen molar-refractivity contribution >= 4 is 33.2 Å². The summed E-state index contributed by atoms with van der Waals surface area (Å²) < 4.78 is 26.9. The second-order valence-corrected chi connectivity index (χ2v) is 8.49. The van der Waals surface area contributed by atoms with E-state index >= 15 is 0 Å². The molecule has 3 rings (SSSR count). The number of hydrogen-bond acceptors (Lipinski definition) is 3. The third kappa shape index (κ3) is 3.92. The maximum absolute atomic E-state index is 12.7. The molecule has 0 N–H and O–H groups in total. The van der Waals surface area contributed by atoms with Gasteiger partial charge in [-0.25, -0.2) is 8.42 Å². The Bertz CT molecular complexity index is 802. The third-order valence-corrected chi connectivity index (χ3v) is 6.76. The number of halogens is 2. The van der Waals surface area contributed by atoms with Crippen LogP contribution < -0.4 is 0 Å². The molecular formula is C17H18Cl2N2O2S. The number of rotatable bonds is 4. The van der Waals surface area contributed by atoms with Crippen LogP contribution in [0.15, 0.2) is 53.4 Å². The SMILES string of the molecule is O=S(=O)(c1ccccc1Cl)N1CCN(Cc2ccc(Cl)cc2)CC1. The minimum absolute atomic E-state index is 0.179. The summed E-state index contributed by atoms with van der Waals surface area (Å²) in [5.41, 5.74) is 1.17. The number of benzene rings is 2. The predicted octanol–water partition coefficient (Wildman–Crippen LogP) is 3.50. The average molecular weight is 385 g/mol. The van der Waals surface area contributed by atoms with Gasteiger partial charge in [0.15, 0.2) is 0 Å². The van der Waals surface area contributed by atoms with Crippen molar-refractivity contribution in [2.45, 2.75) is 11.4 Å². The fraction of sp³-hybridized carbons (Fsp3) is 0.294. The number of sulfonamides is 1. The van der Waals surface area contributed by atoms with E-state index in [9.17, 15) is 8.42 Å². The van der Waals surface area contributed by atoms with E-state index in [4.69, 9.17) is 23.2 Å². The molecule has 0 aromatic heterocycles. The van der Waals surface area contributed by atoms with Crippen LogP contribution in [0, 0.1) is 0 Å². The molecule has 24 heavy (non-hydrogen) atoms. The molecule has 1 saturated heterocycles. The zero-order valence-electron chi connectivity index (χ0n) is 13.0. The summed E-state index contributed by atoms with van der Waals surface area (Å²) in [6.45, 7) is 3.08. The molecule has 2 aromatic carbocycles. The molecule has 0 saturated carbocycles. The zero-order chi connectivity index (χ0) is 17.2. The molecule has 0 bridgehead atoms. The fourth-order valence-electron chi connectivity index (χ4n) is 2.77. The van der Waals surface area contributed by atoms with E-state index in [1.54, 1.807) is 24.3 Å². The molecule has 2 aromatic rings. The summed E-state index contributed by atoms with van der Waals surface area (Å²) in [5, 5.41) is 0.982. The molecule has 0 amide bonds. The van der Waals surface area contributed by atoms with Gasteiger partial charge in [-0.1, -0.05) is 47.5 Å². The Kier molecular flexibility index (Phi) is 5.47. The van der Waals surface area contributed by atoms with E-state index in [-0.39, 0.29) is 9.92 Å². The van der Waals surface area contributed by atoms with Crippen LogP contribution in [0.3, 0.4) is 0 Å². The molecule has 0 aliphatic carbocycles. The molecule has 1 fully saturated rings. The van der Waals surface area contributed by atoms with Crippen LogP contribution in [0.2, 0.25) is 10.0 Å². The van der Waals surface area contributed by atoms with Crippen molar-refractivity contribution in [1.82, 2.24) is 9.21 Å². The lowest BCUT2D eigenvalue weighted by molar-refractivity contribution is 0.181. The zero-order valence-corrected chi connectivity index (χ0v) is 15.4. The lowest BCUT2D eigenvalue weighted by Gasteiger charge is -2.34. The van der Waals surface area contributed by atoms with Gasteiger partial charge in [-0.15, -0.1) is 0 Å². The van der Waals surface area contributed by atoms with Crippen molar-refractivity contribution in [3.63, 3.8) is 0 Å². The average Bonchev–Trinajstić information content (AvgIpc) is 2.58. The molecule has 128 valence electrons. The van der Waals surface area contributed by atoms with Gasteiger partial charge in [0.2, 0.25) is 10.0 Å². The molecular weight excluding hydrogens is 367 g/mol. The Labute approximate surface area is 152 Å². The molecule has 0 radical (unpaired) electrons. The third-order valence-electron chi connectivity index (χ3n) is 4.11. The highest BCUT2D eigenvalue weighted by molar-refractivity contribution is 7.89. The largest absolute Gasteiger partial charge is 0.296 e. The van der Waals surface area contributed by atoms with Gasteiger partial charge in [-0.3, -0.25) is 4.90 Å².